The van der Waals surface area contributed by atoms with Crippen molar-refractivity contribution in [2.45, 2.75) is 70.2 Å². The summed E-state index contributed by atoms with van der Waals surface area (Å²) < 4.78 is 2.10. The maximum atomic E-state index is 12.8. The van der Waals surface area contributed by atoms with Crippen molar-refractivity contribution in [3.63, 3.8) is 0 Å². The third-order valence-electron chi connectivity index (χ3n) is 4.89. The third kappa shape index (κ3) is 4.09. The highest BCUT2D eigenvalue weighted by atomic mass is 32.2. The lowest BCUT2D eigenvalue weighted by molar-refractivity contribution is -0.134. The minimum Gasteiger partial charge on any atom is -0.337 e. The summed E-state index contributed by atoms with van der Waals surface area (Å²) in [4.78, 5) is 19.0. The molecule has 0 aromatic carbocycles. The fourth-order valence-corrected chi connectivity index (χ4v) is 4.48. The summed E-state index contributed by atoms with van der Waals surface area (Å²) in [7, 11) is 0. The quantitative estimate of drug-likeness (QED) is 0.724. The van der Waals surface area contributed by atoms with Crippen molar-refractivity contribution in [2.75, 3.05) is 5.75 Å². The minimum absolute atomic E-state index is 0.198. The van der Waals surface area contributed by atoms with Crippen molar-refractivity contribution in [1.29, 1.82) is 0 Å². The Morgan fingerprint density at radius 2 is 2.04 bits per heavy atom. The van der Waals surface area contributed by atoms with Crippen LogP contribution < -0.4 is 0 Å². The van der Waals surface area contributed by atoms with E-state index in [1.54, 1.807) is 12.4 Å². The van der Waals surface area contributed by atoms with E-state index in [9.17, 15) is 4.79 Å². The zero-order valence-electron chi connectivity index (χ0n) is 15.8. The number of hydrogen-bond acceptors (Lipinski definition) is 5. The first-order valence-electron chi connectivity index (χ1n) is 9.39. The van der Waals surface area contributed by atoms with E-state index >= 15 is 0 Å². The van der Waals surface area contributed by atoms with E-state index in [0.29, 0.717) is 17.8 Å². The number of carbonyl (C=O) groups excluding carboxylic acids is 1. The Kier molecular flexibility index (Phi) is 6.29. The molecule has 140 valence electrons. The third-order valence-corrected chi connectivity index (χ3v) is 5.84. The van der Waals surface area contributed by atoms with Gasteiger partial charge in [0.05, 0.1) is 5.75 Å². The molecule has 0 bridgehead atoms. The molecule has 3 rings (SSSR count). The van der Waals surface area contributed by atoms with Gasteiger partial charge in [-0.1, -0.05) is 18.7 Å². The van der Waals surface area contributed by atoms with Crippen molar-refractivity contribution in [2.24, 2.45) is 0 Å². The molecule has 1 saturated heterocycles. The number of thioether (sulfide) groups is 1. The smallest absolute Gasteiger partial charge is 0.233 e. The summed E-state index contributed by atoms with van der Waals surface area (Å²) in [6.45, 7) is 7.25. The molecule has 26 heavy (non-hydrogen) atoms. The van der Waals surface area contributed by atoms with E-state index in [1.165, 1.54) is 18.2 Å². The van der Waals surface area contributed by atoms with Gasteiger partial charge in [-0.3, -0.25) is 9.78 Å². The molecule has 7 heteroatoms. The fourth-order valence-electron chi connectivity index (χ4n) is 3.64. The highest BCUT2D eigenvalue weighted by molar-refractivity contribution is 7.99. The first-order valence-corrected chi connectivity index (χ1v) is 10.4. The van der Waals surface area contributed by atoms with Crippen LogP contribution in [0.3, 0.4) is 0 Å². The second kappa shape index (κ2) is 8.66. The van der Waals surface area contributed by atoms with Gasteiger partial charge in [-0.2, -0.15) is 0 Å². The van der Waals surface area contributed by atoms with E-state index in [4.69, 9.17) is 0 Å². The van der Waals surface area contributed by atoms with Crippen molar-refractivity contribution >= 4 is 17.7 Å². The maximum Gasteiger partial charge on any atom is 0.233 e. The molecular weight excluding hydrogens is 346 g/mol. The molecule has 1 amide bonds. The van der Waals surface area contributed by atoms with Crippen LogP contribution in [0.15, 0.2) is 29.7 Å². The Labute approximate surface area is 159 Å². The predicted octanol–water partition coefficient (Wildman–Crippen LogP) is 3.63. The molecule has 1 aliphatic heterocycles. The molecule has 0 N–H and O–H groups in total. The van der Waals surface area contributed by atoms with Crippen LogP contribution in [0.4, 0.5) is 0 Å². The number of rotatable bonds is 6. The summed E-state index contributed by atoms with van der Waals surface area (Å²) in [5.41, 5.74) is 0.949. The normalized spacial score (nSPS) is 20.3. The first-order chi connectivity index (χ1) is 12.6. The number of carbonyl (C=O) groups is 1. The van der Waals surface area contributed by atoms with Crippen LogP contribution >= 0.6 is 11.8 Å². The number of pyridine rings is 1. The van der Waals surface area contributed by atoms with Crippen LogP contribution in [0.2, 0.25) is 0 Å². The highest BCUT2D eigenvalue weighted by Gasteiger charge is 2.29. The van der Waals surface area contributed by atoms with Gasteiger partial charge in [0.25, 0.3) is 0 Å². The fraction of sp³-hybridized carbons (Fsp3) is 0.579. The van der Waals surface area contributed by atoms with Crippen LogP contribution in [-0.4, -0.2) is 48.4 Å². The zero-order valence-corrected chi connectivity index (χ0v) is 16.6. The summed E-state index contributed by atoms with van der Waals surface area (Å²) in [6, 6.07) is 4.54. The average Bonchev–Trinajstić information content (AvgIpc) is 3.03. The van der Waals surface area contributed by atoms with Gasteiger partial charge in [-0.05, 0) is 51.7 Å². The molecule has 6 nitrogen and oxygen atoms in total. The van der Waals surface area contributed by atoms with E-state index in [1.807, 2.05) is 12.1 Å². The van der Waals surface area contributed by atoms with Gasteiger partial charge in [-0.25, -0.2) is 0 Å². The van der Waals surface area contributed by atoms with Crippen LogP contribution in [0.5, 0.6) is 0 Å². The van der Waals surface area contributed by atoms with Gasteiger partial charge in [-0.15, -0.1) is 10.2 Å². The van der Waals surface area contributed by atoms with Crippen molar-refractivity contribution < 1.29 is 4.79 Å². The molecule has 1 aliphatic rings. The van der Waals surface area contributed by atoms with Gasteiger partial charge in [0.15, 0.2) is 11.0 Å². The molecule has 0 radical (unpaired) electrons. The topological polar surface area (TPSA) is 63.9 Å². The Hall–Kier alpha value is -1.89. The summed E-state index contributed by atoms with van der Waals surface area (Å²) in [5.74, 6) is 1.42. The molecule has 2 atom stereocenters. The second-order valence-corrected chi connectivity index (χ2v) is 7.86. The van der Waals surface area contributed by atoms with Gasteiger partial charge in [0, 0.05) is 36.6 Å². The van der Waals surface area contributed by atoms with Crippen LogP contribution in [0.1, 0.15) is 46.5 Å². The molecule has 2 aromatic heterocycles. The Morgan fingerprint density at radius 1 is 1.27 bits per heavy atom. The van der Waals surface area contributed by atoms with E-state index in [2.05, 4.69) is 45.4 Å². The van der Waals surface area contributed by atoms with Gasteiger partial charge >= 0.3 is 0 Å². The Bertz CT molecular complexity index is 723. The number of hydrogen-bond donors (Lipinski definition) is 0. The molecule has 2 aromatic rings. The minimum atomic E-state index is 0.198. The van der Waals surface area contributed by atoms with Crippen molar-refractivity contribution in [3.8, 4) is 11.4 Å². The second-order valence-electron chi connectivity index (χ2n) is 6.92. The molecule has 3 heterocycles. The van der Waals surface area contributed by atoms with Gasteiger partial charge < -0.3 is 9.47 Å². The van der Waals surface area contributed by atoms with Gasteiger partial charge in [0.1, 0.15) is 0 Å². The Morgan fingerprint density at radius 3 is 2.69 bits per heavy atom. The molecule has 0 spiro atoms. The Balaban J connectivity index is 1.73. The number of nitrogens with zero attached hydrogens (tertiary/aromatic N) is 5. The number of piperidine rings is 1. The first kappa shape index (κ1) is 18.9. The lowest BCUT2D eigenvalue weighted by Gasteiger charge is -2.39. The lowest BCUT2D eigenvalue weighted by Crippen LogP contribution is -2.48. The summed E-state index contributed by atoms with van der Waals surface area (Å²) in [5, 5.41) is 9.50. The zero-order chi connectivity index (χ0) is 18.5. The maximum absolute atomic E-state index is 12.8. The van der Waals surface area contributed by atoms with E-state index < -0.39 is 0 Å². The number of likely N-dealkylation sites (tertiary alicyclic amines) is 1. The monoisotopic (exact) mass is 373 g/mol. The summed E-state index contributed by atoms with van der Waals surface area (Å²) >= 11 is 1.49. The molecule has 0 unspecified atom stereocenters. The largest absolute Gasteiger partial charge is 0.337 e. The predicted molar refractivity (Wildman–Crippen MR) is 104 cm³/mol. The molecule has 1 fully saturated rings. The molecular formula is C19H27N5OS. The summed E-state index contributed by atoms with van der Waals surface area (Å²) in [6.07, 6.45) is 7.92. The van der Waals surface area contributed by atoms with Crippen molar-refractivity contribution in [1.82, 2.24) is 24.6 Å². The van der Waals surface area contributed by atoms with Crippen LogP contribution in [0, 0.1) is 0 Å². The van der Waals surface area contributed by atoms with E-state index in [0.717, 1.165) is 42.4 Å². The van der Waals surface area contributed by atoms with Crippen LogP contribution in [-0.2, 0) is 11.3 Å². The SMILES string of the molecule is CCCn1c(SCC(=O)N2[C@H](C)CCC[C@H]2C)nnc1-c1cccnc1. The van der Waals surface area contributed by atoms with Crippen molar-refractivity contribution in [3.05, 3.63) is 24.5 Å². The lowest BCUT2D eigenvalue weighted by atomic mass is 9.98. The van der Waals surface area contributed by atoms with Crippen LogP contribution in [0.25, 0.3) is 11.4 Å². The highest BCUT2D eigenvalue weighted by Crippen LogP contribution is 2.27. The van der Waals surface area contributed by atoms with E-state index in [-0.39, 0.29) is 5.91 Å². The molecule has 0 aliphatic carbocycles. The molecule has 0 saturated carbocycles. The standard InChI is InChI=1S/C19H27N5OS/c1-4-11-23-18(16-9-6-10-20-12-16)21-22-19(23)26-13-17(25)24-14(2)7-5-8-15(24)3/h6,9-10,12,14-15H,4-5,7-8,11,13H2,1-3H3/t14-,15-/m1/s1. The number of amides is 1. The number of aromatic nitrogens is 4. The van der Waals surface area contributed by atoms with Gasteiger partial charge in [0.2, 0.25) is 5.91 Å². The average molecular weight is 374 g/mol.